The molecule has 1 aliphatic heterocycles. The van der Waals surface area contributed by atoms with Gasteiger partial charge in [0, 0.05) is 18.5 Å². The van der Waals surface area contributed by atoms with Crippen molar-refractivity contribution >= 4 is 32.6 Å². The Labute approximate surface area is 163 Å². The highest BCUT2D eigenvalue weighted by Gasteiger charge is 2.32. The Morgan fingerprint density at radius 2 is 1.57 bits per heavy atom. The van der Waals surface area contributed by atoms with E-state index in [1.54, 1.807) is 36.4 Å². The van der Waals surface area contributed by atoms with E-state index in [2.05, 4.69) is 0 Å². The zero-order chi connectivity index (χ0) is 19.9. The first-order chi connectivity index (χ1) is 13.4. The molecule has 0 bridgehead atoms. The van der Waals surface area contributed by atoms with Crippen molar-refractivity contribution < 1.29 is 18.0 Å². The smallest absolute Gasteiger partial charge is 0.296 e. The third kappa shape index (κ3) is 3.01. The van der Waals surface area contributed by atoms with Crippen LogP contribution in [0.4, 0.5) is 0 Å². The molecule has 1 aliphatic rings. The lowest BCUT2D eigenvalue weighted by atomic mass is 10.2. The highest BCUT2D eigenvalue weighted by Crippen LogP contribution is 2.27. The van der Waals surface area contributed by atoms with E-state index < -0.39 is 21.7 Å². The zero-order valence-electron chi connectivity index (χ0n) is 15.5. The van der Waals surface area contributed by atoms with Crippen LogP contribution in [-0.2, 0) is 14.8 Å². The number of aryl methyl sites for hydroxylation is 1. The molecule has 2 heterocycles. The standard InChI is InChI=1S/C21H20N2O4S/c1-15-8-10-17(11-9-15)28(26,27)23-18-7-3-2-6-16(18)14-19(23)20(24)21(25)22-12-4-5-13-22/h2-3,6-11,14H,4-5,12-13H2,1H3. The molecule has 3 aromatic rings. The molecule has 0 atom stereocenters. The topological polar surface area (TPSA) is 76.5 Å². The monoisotopic (exact) mass is 396 g/mol. The van der Waals surface area contributed by atoms with Crippen molar-refractivity contribution in [1.29, 1.82) is 0 Å². The van der Waals surface area contributed by atoms with Crippen LogP contribution in [0.2, 0.25) is 0 Å². The second-order valence-corrected chi connectivity index (χ2v) is 8.79. The van der Waals surface area contributed by atoms with Crippen LogP contribution >= 0.6 is 0 Å². The van der Waals surface area contributed by atoms with Crippen molar-refractivity contribution in [2.45, 2.75) is 24.7 Å². The first kappa shape index (κ1) is 18.4. The number of fused-ring (bicyclic) bond motifs is 1. The average molecular weight is 396 g/mol. The van der Waals surface area contributed by atoms with Crippen molar-refractivity contribution in [1.82, 2.24) is 8.87 Å². The lowest BCUT2D eigenvalue weighted by Gasteiger charge is -2.15. The molecule has 1 amide bonds. The molecule has 0 spiro atoms. The molecule has 4 rings (SSSR count). The molecule has 0 aliphatic carbocycles. The first-order valence-electron chi connectivity index (χ1n) is 9.16. The summed E-state index contributed by atoms with van der Waals surface area (Å²) in [6.45, 7) is 2.91. The molecule has 6 nitrogen and oxygen atoms in total. The number of Topliss-reactive ketones (excluding diaryl/α,β-unsaturated/α-hetero) is 1. The number of ketones is 1. The van der Waals surface area contributed by atoms with Gasteiger partial charge in [0.15, 0.2) is 0 Å². The lowest BCUT2D eigenvalue weighted by Crippen LogP contribution is -2.35. The Bertz CT molecular complexity index is 1170. The molecule has 1 fully saturated rings. The molecule has 28 heavy (non-hydrogen) atoms. The number of carbonyl (C=O) groups excluding carboxylic acids is 2. The van der Waals surface area contributed by atoms with Gasteiger partial charge in [-0.3, -0.25) is 9.59 Å². The van der Waals surface area contributed by atoms with Gasteiger partial charge in [0.1, 0.15) is 5.69 Å². The van der Waals surface area contributed by atoms with Crippen molar-refractivity contribution in [3.8, 4) is 0 Å². The van der Waals surface area contributed by atoms with Gasteiger partial charge in [-0.15, -0.1) is 0 Å². The minimum atomic E-state index is -4.05. The van der Waals surface area contributed by atoms with E-state index in [1.807, 2.05) is 6.92 Å². The number of hydrogen-bond acceptors (Lipinski definition) is 4. The molecular weight excluding hydrogens is 376 g/mol. The number of aromatic nitrogens is 1. The van der Waals surface area contributed by atoms with E-state index in [0.29, 0.717) is 24.0 Å². The fraction of sp³-hybridized carbons (Fsp3) is 0.238. The summed E-state index contributed by atoms with van der Waals surface area (Å²) in [6.07, 6.45) is 1.70. The fourth-order valence-corrected chi connectivity index (χ4v) is 5.05. The maximum Gasteiger partial charge on any atom is 0.296 e. The normalized spacial score (nSPS) is 14.5. The molecule has 144 valence electrons. The summed E-state index contributed by atoms with van der Waals surface area (Å²) in [5, 5.41) is 0.593. The molecule has 1 aromatic heterocycles. The van der Waals surface area contributed by atoms with E-state index in [9.17, 15) is 18.0 Å². The van der Waals surface area contributed by atoms with E-state index >= 15 is 0 Å². The Hall–Kier alpha value is -2.93. The molecule has 0 saturated carbocycles. The van der Waals surface area contributed by atoms with Gasteiger partial charge in [0.2, 0.25) is 0 Å². The third-order valence-electron chi connectivity index (χ3n) is 5.05. The Morgan fingerprint density at radius 1 is 0.929 bits per heavy atom. The molecular formula is C21H20N2O4S. The highest BCUT2D eigenvalue weighted by atomic mass is 32.2. The SMILES string of the molecule is Cc1ccc(S(=O)(=O)n2c(C(=O)C(=O)N3CCCC3)cc3ccccc32)cc1. The van der Waals surface area contributed by atoms with Gasteiger partial charge in [0.25, 0.3) is 21.7 Å². The molecule has 7 heteroatoms. The Morgan fingerprint density at radius 3 is 2.25 bits per heavy atom. The van der Waals surface area contributed by atoms with Crippen molar-refractivity contribution in [3.63, 3.8) is 0 Å². The number of para-hydroxylation sites is 1. The number of hydrogen-bond donors (Lipinski definition) is 0. The van der Waals surface area contributed by atoms with Gasteiger partial charge < -0.3 is 4.90 Å². The molecule has 0 radical (unpaired) electrons. The van der Waals surface area contributed by atoms with Crippen LogP contribution in [-0.4, -0.2) is 42.1 Å². The minimum absolute atomic E-state index is 0.0714. The van der Waals surface area contributed by atoms with E-state index in [4.69, 9.17) is 0 Å². The summed E-state index contributed by atoms with van der Waals surface area (Å²) >= 11 is 0. The highest BCUT2D eigenvalue weighted by molar-refractivity contribution is 7.90. The largest absolute Gasteiger partial charge is 0.336 e. The van der Waals surface area contributed by atoms with Gasteiger partial charge in [0.05, 0.1) is 10.4 Å². The Kier molecular flexibility index (Phi) is 4.55. The van der Waals surface area contributed by atoms with Crippen molar-refractivity contribution in [2.75, 3.05) is 13.1 Å². The number of nitrogens with zero attached hydrogens (tertiary/aromatic N) is 2. The third-order valence-corrected chi connectivity index (χ3v) is 6.79. The van der Waals surface area contributed by atoms with E-state index in [1.165, 1.54) is 23.1 Å². The van der Waals surface area contributed by atoms with Crippen LogP contribution in [0.25, 0.3) is 10.9 Å². The van der Waals surface area contributed by atoms with Crippen LogP contribution in [0.1, 0.15) is 28.9 Å². The van der Waals surface area contributed by atoms with Gasteiger partial charge in [-0.1, -0.05) is 35.9 Å². The van der Waals surface area contributed by atoms with Crippen LogP contribution in [0.15, 0.2) is 59.5 Å². The van der Waals surface area contributed by atoms with Crippen LogP contribution < -0.4 is 0 Å². The predicted octanol–water partition coefficient (Wildman–Crippen LogP) is 2.99. The minimum Gasteiger partial charge on any atom is -0.336 e. The molecule has 1 saturated heterocycles. The predicted molar refractivity (Wildman–Crippen MR) is 106 cm³/mol. The summed E-state index contributed by atoms with van der Waals surface area (Å²) in [4.78, 5) is 27.2. The average Bonchev–Trinajstić information content (AvgIpc) is 3.35. The summed E-state index contributed by atoms with van der Waals surface area (Å²) in [5.41, 5.74) is 1.18. The second kappa shape index (κ2) is 6.91. The number of rotatable bonds is 4. The summed E-state index contributed by atoms with van der Waals surface area (Å²) in [6, 6.07) is 14.8. The maximum atomic E-state index is 13.4. The quantitative estimate of drug-likeness (QED) is 0.502. The van der Waals surface area contributed by atoms with E-state index in [0.717, 1.165) is 22.4 Å². The van der Waals surface area contributed by atoms with Crippen LogP contribution in [0, 0.1) is 6.92 Å². The van der Waals surface area contributed by atoms with Crippen molar-refractivity contribution in [3.05, 3.63) is 65.9 Å². The van der Waals surface area contributed by atoms with Crippen LogP contribution in [0.5, 0.6) is 0 Å². The molecule has 0 N–H and O–H groups in total. The Balaban J connectivity index is 1.89. The van der Waals surface area contributed by atoms with E-state index in [-0.39, 0.29) is 10.6 Å². The number of benzene rings is 2. The van der Waals surface area contributed by atoms with Gasteiger partial charge in [-0.25, -0.2) is 12.4 Å². The molecule has 2 aromatic carbocycles. The second-order valence-electron chi connectivity index (χ2n) is 7.00. The summed E-state index contributed by atoms with van der Waals surface area (Å²) in [7, 11) is -4.05. The maximum absolute atomic E-state index is 13.4. The summed E-state index contributed by atoms with van der Waals surface area (Å²) in [5.74, 6) is -1.45. The number of carbonyl (C=O) groups is 2. The van der Waals surface area contributed by atoms with Crippen LogP contribution in [0.3, 0.4) is 0 Å². The molecule has 0 unspecified atom stereocenters. The first-order valence-corrected chi connectivity index (χ1v) is 10.6. The lowest BCUT2D eigenvalue weighted by molar-refractivity contribution is -0.125. The zero-order valence-corrected chi connectivity index (χ0v) is 16.3. The van der Waals surface area contributed by atoms with Gasteiger partial charge >= 0.3 is 0 Å². The summed E-state index contributed by atoms with van der Waals surface area (Å²) < 4.78 is 27.8. The number of amides is 1. The fourth-order valence-electron chi connectivity index (χ4n) is 3.54. The van der Waals surface area contributed by atoms with Gasteiger partial charge in [-0.2, -0.15) is 0 Å². The van der Waals surface area contributed by atoms with Crippen molar-refractivity contribution in [2.24, 2.45) is 0 Å². The van der Waals surface area contributed by atoms with Gasteiger partial charge in [-0.05, 0) is 44.0 Å². The number of likely N-dealkylation sites (tertiary alicyclic amines) is 1.